The first kappa shape index (κ1) is 7.48. The molecule has 0 fully saturated rings. The Morgan fingerprint density at radius 3 is 2.75 bits per heavy atom. The third-order valence-electron chi connectivity index (χ3n) is 0.661. The van der Waals surface area contributed by atoms with E-state index in [9.17, 15) is 0 Å². The summed E-state index contributed by atoms with van der Waals surface area (Å²) in [5, 5.41) is 8.33. The molecule has 0 aliphatic heterocycles. The van der Waals surface area contributed by atoms with Crippen molar-refractivity contribution in [2.45, 2.75) is 19.4 Å². The van der Waals surface area contributed by atoms with E-state index in [-0.39, 0.29) is 12.6 Å². The molecule has 0 aromatic rings. The summed E-state index contributed by atoms with van der Waals surface area (Å²) in [6, 6.07) is -0.352. The van der Waals surface area contributed by atoms with Gasteiger partial charge in [0.15, 0.2) is 0 Å². The van der Waals surface area contributed by atoms with E-state index in [1.54, 1.807) is 0 Å². The van der Waals surface area contributed by atoms with E-state index < -0.39 is 0 Å². The fraction of sp³-hybridized carbons (Fsp3) is 0.667. The van der Waals surface area contributed by atoms with Crippen molar-refractivity contribution >= 4 is 0 Å². The van der Waals surface area contributed by atoms with Gasteiger partial charge in [-0.25, -0.2) is 0 Å². The molecule has 0 saturated carbocycles. The van der Waals surface area contributed by atoms with Crippen LogP contribution in [0.25, 0.3) is 0 Å². The molecule has 0 saturated heterocycles. The number of aliphatic hydroxyl groups excluding tert-OH is 1. The predicted molar refractivity (Wildman–Crippen MR) is 33.1 cm³/mol. The third kappa shape index (κ3) is 3.66. The zero-order valence-corrected chi connectivity index (χ0v) is 5.02. The van der Waals surface area contributed by atoms with Gasteiger partial charge in [-0.3, -0.25) is 0 Å². The summed E-state index contributed by atoms with van der Waals surface area (Å²) in [5.74, 6) is 5.42. The Kier molecular flexibility index (Phi) is 4.33. The molecule has 1 atom stereocenters. The van der Waals surface area contributed by atoms with E-state index in [2.05, 4.69) is 11.8 Å². The maximum absolute atomic E-state index is 8.33. The Bertz CT molecular complexity index is 101. The number of hydrogen-bond acceptors (Lipinski definition) is 2. The molecule has 0 bridgehead atoms. The van der Waals surface area contributed by atoms with Crippen LogP contribution in [0, 0.1) is 11.8 Å². The Hall–Kier alpha value is -0.520. The molecule has 0 unspecified atom stereocenters. The summed E-state index contributed by atoms with van der Waals surface area (Å²) in [7, 11) is 0. The molecule has 0 amide bonds. The number of nitrogens with two attached hydrogens (primary N) is 1. The molecule has 0 rings (SSSR count). The second kappa shape index (κ2) is 4.63. The highest BCUT2D eigenvalue weighted by Gasteiger charge is 1.88. The lowest BCUT2D eigenvalue weighted by molar-refractivity contribution is 0.287. The lowest BCUT2D eigenvalue weighted by Crippen LogP contribution is -2.21. The quantitative estimate of drug-likeness (QED) is 0.459. The summed E-state index contributed by atoms with van der Waals surface area (Å²) in [4.78, 5) is 0. The van der Waals surface area contributed by atoms with Gasteiger partial charge in [-0.05, 0) is 0 Å². The Morgan fingerprint density at radius 1 is 1.75 bits per heavy atom. The monoisotopic (exact) mass is 113 g/mol. The molecule has 0 aromatic carbocycles. The summed E-state index contributed by atoms with van der Waals surface area (Å²) in [6.45, 7) is 1.89. The van der Waals surface area contributed by atoms with Crippen LogP contribution >= 0.6 is 0 Å². The summed E-state index contributed by atoms with van der Waals surface area (Å²) >= 11 is 0. The van der Waals surface area contributed by atoms with Crippen molar-refractivity contribution in [3.05, 3.63) is 0 Å². The van der Waals surface area contributed by atoms with Crippen LogP contribution in [0.4, 0.5) is 0 Å². The zero-order chi connectivity index (χ0) is 6.41. The molecule has 2 heteroatoms. The minimum Gasteiger partial charge on any atom is -0.394 e. The zero-order valence-electron chi connectivity index (χ0n) is 5.02. The Labute approximate surface area is 49.7 Å². The first-order valence-corrected chi connectivity index (χ1v) is 2.66. The van der Waals surface area contributed by atoms with Gasteiger partial charge in [-0.1, -0.05) is 12.8 Å². The van der Waals surface area contributed by atoms with Crippen molar-refractivity contribution < 1.29 is 5.11 Å². The van der Waals surface area contributed by atoms with E-state index in [4.69, 9.17) is 10.8 Å². The van der Waals surface area contributed by atoms with Gasteiger partial charge in [-0.2, -0.15) is 0 Å². The van der Waals surface area contributed by atoms with E-state index in [1.807, 2.05) is 6.92 Å². The van der Waals surface area contributed by atoms with E-state index in [0.717, 1.165) is 6.42 Å². The lowest BCUT2D eigenvalue weighted by atomic mass is 10.3. The fourth-order valence-corrected chi connectivity index (χ4v) is 0.279. The van der Waals surface area contributed by atoms with E-state index in [1.165, 1.54) is 0 Å². The normalized spacial score (nSPS) is 11.9. The molecule has 8 heavy (non-hydrogen) atoms. The standard InChI is InChI=1S/C6H11NO/c1-2-3-4-6(7)5-8/h6,8H,2,5,7H2,1H3/t6-/m0/s1. The Morgan fingerprint density at radius 2 is 2.38 bits per heavy atom. The topological polar surface area (TPSA) is 46.2 Å². The van der Waals surface area contributed by atoms with Crippen molar-refractivity contribution in [2.75, 3.05) is 6.61 Å². The third-order valence-corrected chi connectivity index (χ3v) is 0.661. The van der Waals surface area contributed by atoms with Crippen molar-refractivity contribution in [3.8, 4) is 11.8 Å². The van der Waals surface area contributed by atoms with Crippen LogP contribution in [-0.4, -0.2) is 17.8 Å². The number of hydrogen-bond donors (Lipinski definition) is 2. The second-order valence-corrected chi connectivity index (χ2v) is 1.46. The molecule has 46 valence electrons. The van der Waals surface area contributed by atoms with Crippen molar-refractivity contribution in [3.63, 3.8) is 0 Å². The van der Waals surface area contributed by atoms with Crippen LogP contribution in [0.1, 0.15) is 13.3 Å². The molecule has 0 radical (unpaired) electrons. The lowest BCUT2D eigenvalue weighted by Gasteiger charge is -1.92. The van der Waals surface area contributed by atoms with Crippen LogP contribution in [-0.2, 0) is 0 Å². The first-order valence-electron chi connectivity index (χ1n) is 2.66. The van der Waals surface area contributed by atoms with Gasteiger partial charge in [0.1, 0.15) is 0 Å². The van der Waals surface area contributed by atoms with Gasteiger partial charge in [0, 0.05) is 6.42 Å². The van der Waals surface area contributed by atoms with Crippen molar-refractivity contribution in [2.24, 2.45) is 5.73 Å². The molecule has 0 aromatic heterocycles. The van der Waals surface area contributed by atoms with Crippen molar-refractivity contribution in [1.82, 2.24) is 0 Å². The van der Waals surface area contributed by atoms with Crippen LogP contribution in [0.2, 0.25) is 0 Å². The highest BCUT2D eigenvalue weighted by molar-refractivity contribution is 5.05. The average molecular weight is 113 g/mol. The van der Waals surface area contributed by atoms with E-state index in [0.29, 0.717) is 0 Å². The number of rotatable bonds is 1. The largest absolute Gasteiger partial charge is 0.394 e. The average Bonchev–Trinajstić information content (AvgIpc) is 1.83. The second-order valence-electron chi connectivity index (χ2n) is 1.46. The minimum absolute atomic E-state index is 0.0486. The fourth-order valence-electron chi connectivity index (χ4n) is 0.279. The molecule has 0 spiro atoms. The van der Waals surface area contributed by atoms with Crippen molar-refractivity contribution in [1.29, 1.82) is 0 Å². The molecular formula is C6H11NO. The van der Waals surface area contributed by atoms with Crippen LogP contribution in [0.15, 0.2) is 0 Å². The van der Waals surface area contributed by atoms with Crippen LogP contribution in [0.5, 0.6) is 0 Å². The van der Waals surface area contributed by atoms with Gasteiger partial charge in [0.2, 0.25) is 0 Å². The molecule has 3 N–H and O–H groups in total. The smallest absolute Gasteiger partial charge is 0.0898 e. The van der Waals surface area contributed by atoms with Gasteiger partial charge < -0.3 is 10.8 Å². The molecule has 2 nitrogen and oxygen atoms in total. The van der Waals surface area contributed by atoms with Crippen LogP contribution < -0.4 is 5.73 Å². The van der Waals surface area contributed by atoms with Gasteiger partial charge in [0.25, 0.3) is 0 Å². The maximum Gasteiger partial charge on any atom is 0.0898 e. The number of aliphatic hydroxyl groups is 1. The first-order chi connectivity index (χ1) is 3.81. The maximum atomic E-state index is 8.33. The van der Waals surface area contributed by atoms with Gasteiger partial charge >= 0.3 is 0 Å². The van der Waals surface area contributed by atoms with Crippen LogP contribution in [0.3, 0.4) is 0 Å². The summed E-state index contributed by atoms with van der Waals surface area (Å²) in [6.07, 6.45) is 0.799. The molecule has 0 aliphatic rings. The highest BCUT2D eigenvalue weighted by atomic mass is 16.3. The SMILES string of the molecule is CCC#C[C@H](N)CO. The molecule has 0 aliphatic carbocycles. The Balaban J connectivity index is 3.35. The highest BCUT2D eigenvalue weighted by Crippen LogP contribution is 1.72. The molecule has 0 heterocycles. The molecular weight excluding hydrogens is 102 g/mol. The predicted octanol–water partition coefficient (Wildman–Crippen LogP) is -0.281. The van der Waals surface area contributed by atoms with Gasteiger partial charge in [-0.15, -0.1) is 5.92 Å². The van der Waals surface area contributed by atoms with E-state index >= 15 is 0 Å². The minimum atomic E-state index is -0.352. The summed E-state index contributed by atoms with van der Waals surface area (Å²) in [5.41, 5.74) is 5.24. The van der Waals surface area contributed by atoms with Gasteiger partial charge in [0.05, 0.1) is 12.6 Å². The summed E-state index contributed by atoms with van der Waals surface area (Å²) < 4.78 is 0.